The third kappa shape index (κ3) is 2.28. The number of nitrogens with one attached hydrogen (secondary N) is 2. The Morgan fingerprint density at radius 2 is 1.88 bits per heavy atom. The Hall–Kier alpha value is -3.19. The molecule has 1 aliphatic rings. The van der Waals surface area contributed by atoms with Gasteiger partial charge < -0.3 is 10.6 Å². The van der Waals surface area contributed by atoms with Gasteiger partial charge in [-0.15, -0.1) is 11.3 Å². The molecule has 7 heteroatoms. The number of carbonyl (C=O) groups excluding carboxylic acids is 1. The summed E-state index contributed by atoms with van der Waals surface area (Å²) in [6.45, 7) is 0. The summed E-state index contributed by atoms with van der Waals surface area (Å²) in [5, 5.41) is 11.7. The van der Waals surface area contributed by atoms with Gasteiger partial charge in [0.25, 0.3) is 5.91 Å². The van der Waals surface area contributed by atoms with Gasteiger partial charge in [-0.3, -0.25) is 4.79 Å². The van der Waals surface area contributed by atoms with Crippen molar-refractivity contribution >= 4 is 33.0 Å². The summed E-state index contributed by atoms with van der Waals surface area (Å²) in [5.41, 5.74) is 2.82. The number of rotatable bonds is 2. The first-order chi connectivity index (χ1) is 12.3. The third-order valence-electron chi connectivity index (χ3n) is 4.28. The van der Waals surface area contributed by atoms with Gasteiger partial charge in [0, 0.05) is 10.1 Å². The maximum Gasteiger partial charge on any atom is 0.265 e. The highest BCUT2D eigenvalue weighted by Gasteiger charge is 2.28. The number of thiophene rings is 1. The molecule has 3 heterocycles. The molecule has 0 fully saturated rings. The van der Waals surface area contributed by atoms with Gasteiger partial charge in [-0.1, -0.05) is 30.3 Å². The molecule has 6 nitrogen and oxygen atoms in total. The van der Waals surface area contributed by atoms with Crippen molar-refractivity contribution in [1.29, 1.82) is 0 Å². The number of aromatic nitrogens is 3. The first-order valence-corrected chi connectivity index (χ1v) is 8.65. The lowest BCUT2D eigenvalue weighted by molar-refractivity contribution is 0.0940. The minimum atomic E-state index is -0.261. The van der Waals surface area contributed by atoms with Gasteiger partial charge in [0.05, 0.1) is 11.4 Å². The largest absolute Gasteiger partial charge is 0.360 e. The van der Waals surface area contributed by atoms with Crippen LogP contribution in [0, 0.1) is 0 Å². The highest BCUT2D eigenvalue weighted by molar-refractivity contribution is 7.21. The summed E-state index contributed by atoms with van der Waals surface area (Å²) in [4.78, 5) is 17.2. The fraction of sp³-hybridized carbons (Fsp3) is 0.0556. The van der Waals surface area contributed by atoms with Crippen LogP contribution in [0.2, 0.25) is 0 Å². The van der Waals surface area contributed by atoms with Crippen molar-refractivity contribution in [3.8, 4) is 5.69 Å². The molecule has 1 atom stereocenters. The summed E-state index contributed by atoms with van der Waals surface area (Å²) >= 11 is 1.51. The summed E-state index contributed by atoms with van der Waals surface area (Å²) in [6, 6.07) is 15.9. The quantitative estimate of drug-likeness (QED) is 0.583. The van der Waals surface area contributed by atoms with Crippen LogP contribution >= 0.6 is 11.3 Å². The van der Waals surface area contributed by atoms with E-state index in [1.807, 2.05) is 48.5 Å². The van der Waals surface area contributed by atoms with E-state index in [9.17, 15) is 4.79 Å². The number of carbonyl (C=O) groups is 1. The van der Waals surface area contributed by atoms with Crippen molar-refractivity contribution in [2.24, 2.45) is 0 Å². The summed E-state index contributed by atoms with van der Waals surface area (Å²) in [6.07, 6.45) is 2.89. The van der Waals surface area contributed by atoms with Crippen molar-refractivity contribution in [2.75, 3.05) is 5.32 Å². The Labute approximate surface area is 147 Å². The lowest BCUT2D eigenvalue weighted by atomic mass is 10.1. The number of hydrogen-bond donors (Lipinski definition) is 2. The van der Waals surface area contributed by atoms with Crippen molar-refractivity contribution in [3.05, 3.63) is 71.6 Å². The fourth-order valence-corrected chi connectivity index (χ4v) is 4.12. The standard InChI is InChI=1S/C18H13N5OS/c24-18-16-15(13-3-1-2-4-14(13)25-16)21-17(22-18)11-5-7-12(8-6-11)23-10-19-9-20-23/h1-10,17,21H,(H,22,24). The SMILES string of the molecule is O=C1NC(c2ccc(-n3cncn3)cc2)Nc2c1sc1ccccc21. The van der Waals surface area contributed by atoms with Crippen molar-refractivity contribution in [3.63, 3.8) is 0 Å². The van der Waals surface area contributed by atoms with Crippen LogP contribution in [0.5, 0.6) is 0 Å². The lowest BCUT2D eigenvalue weighted by Crippen LogP contribution is -2.37. The summed E-state index contributed by atoms with van der Waals surface area (Å²) in [7, 11) is 0. The molecule has 25 heavy (non-hydrogen) atoms. The van der Waals surface area contributed by atoms with E-state index in [1.165, 1.54) is 17.7 Å². The Kier molecular flexibility index (Phi) is 3.07. The molecule has 0 aliphatic carbocycles. The molecular formula is C18H13N5OS. The monoisotopic (exact) mass is 347 g/mol. The molecule has 1 amide bonds. The molecule has 2 aromatic carbocycles. The van der Waals surface area contributed by atoms with Crippen LogP contribution in [-0.4, -0.2) is 20.7 Å². The zero-order chi connectivity index (χ0) is 16.8. The van der Waals surface area contributed by atoms with Crippen LogP contribution in [-0.2, 0) is 0 Å². The minimum absolute atomic E-state index is 0.0414. The van der Waals surface area contributed by atoms with E-state index in [4.69, 9.17) is 0 Å². The second kappa shape index (κ2) is 5.42. The number of fused-ring (bicyclic) bond motifs is 3. The molecule has 1 unspecified atom stereocenters. The number of nitrogens with zero attached hydrogens (tertiary/aromatic N) is 3. The number of amides is 1. The second-order valence-corrected chi connectivity index (χ2v) is 6.84. The van der Waals surface area contributed by atoms with E-state index in [0.717, 1.165) is 31.9 Å². The Bertz CT molecular complexity index is 1070. The maximum atomic E-state index is 12.5. The molecule has 0 saturated carbocycles. The van der Waals surface area contributed by atoms with Gasteiger partial charge in [0.15, 0.2) is 0 Å². The molecule has 4 aromatic rings. The topological polar surface area (TPSA) is 71.8 Å². The van der Waals surface area contributed by atoms with Crippen LogP contribution in [0.25, 0.3) is 15.8 Å². The zero-order valence-electron chi connectivity index (χ0n) is 13.0. The second-order valence-electron chi connectivity index (χ2n) is 5.78. The van der Waals surface area contributed by atoms with Crippen LogP contribution in [0.1, 0.15) is 21.4 Å². The van der Waals surface area contributed by atoms with E-state index < -0.39 is 0 Å². The number of benzene rings is 2. The van der Waals surface area contributed by atoms with E-state index in [1.54, 1.807) is 11.0 Å². The molecule has 5 rings (SSSR count). The van der Waals surface area contributed by atoms with Gasteiger partial charge in [-0.2, -0.15) is 5.10 Å². The first kappa shape index (κ1) is 14.2. The molecule has 0 radical (unpaired) electrons. The predicted octanol–water partition coefficient (Wildman–Crippen LogP) is 3.34. The Balaban J connectivity index is 1.51. The average molecular weight is 347 g/mol. The van der Waals surface area contributed by atoms with Crippen LogP contribution in [0.3, 0.4) is 0 Å². The van der Waals surface area contributed by atoms with E-state index in [0.29, 0.717) is 0 Å². The fourth-order valence-electron chi connectivity index (χ4n) is 3.05. The molecule has 0 spiro atoms. The van der Waals surface area contributed by atoms with Crippen LogP contribution in [0.15, 0.2) is 61.2 Å². The number of hydrogen-bond acceptors (Lipinski definition) is 5. The summed E-state index contributed by atoms with van der Waals surface area (Å²) < 4.78 is 2.80. The molecule has 2 aromatic heterocycles. The normalized spacial score (nSPS) is 16.3. The minimum Gasteiger partial charge on any atom is -0.360 e. The van der Waals surface area contributed by atoms with Gasteiger partial charge >= 0.3 is 0 Å². The smallest absolute Gasteiger partial charge is 0.265 e. The molecular weight excluding hydrogens is 334 g/mol. The molecule has 2 N–H and O–H groups in total. The average Bonchev–Trinajstić information content (AvgIpc) is 3.30. The highest BCUT2D eigenvalue weighted by Crippen LogP contribution is 2.39. The van der Waals surface area contributed by atoms with Gasteiger partial charge in [0.2, 0.25) is 0 Å². The van der Waals surface area contributed by atoms with Crippen molar-refractivity contribution < 1.29 is 4.79 Å². The third-order valence-corrected chi connectivity index (χ3v) is 5.45. The molecule has 122 valence electrons. The predicted molar refractivity (Wildman–Crippen MR) is 97.0 cm³/mol. The summed E-state index contributed by atoms with van der Waals surface area (Å²) in [5.74, 6) is -0.0414. The first-order valence-electron chi connectivity index (χ1n) is 7.83. The Morgan fingerprint density at radius 3 is 2.68 bits per heavy atom. The van der Waals surface area contributed by atoms with Gasteiger partial charge in [-0.05, 0) is 23.8 Å². The maximum absolute atomic E-state index is 12.5. The van der Waals surface area contributed by atoms with Crippen LogP contribution < -0.4 is 10.6 Å². The van der Waals surface area contributed by atoms with Crippen molar-refractivity contribution in [1.82, 2.24) is 20.1 Å². The molecule has 0 saturated heterocycles. The molecule has 0 bridgehead atoms. The van der Waals surface area contributed by atoms with Crippen molar-refractivity contribution in [2.45, 2.75) is 6.17 Å². The van der Waals surface area contributed by atoms with Gasteiger partial charge in [-0.25, -0.2) is 9.67 Å². The van der Waals surface area contributed by atoms with E-state index >= 15 is 0 Å². The van der Waals surface area contributed by atoms with E-state index in [-0.39, 0.29) is 12.1 Å². The van der Waals surface area contributed by atoms with Crippen LogP contribution in [0.4, 0.5) is 5.69 Å². The number of anilines is 1. The van der Waals surface area contributed by atoms with Gasteiger partial charge in [0.1, 0.15) is 23.7 Å². The lowest BCUT2D eigenvalue weighted by Gasteiger charge is -2.26. The van der Waals surface area contributed by atoms with E-state index in [2.05, 4.69) is 20.7 Å². The highest BCUT2D eigenvalue weighted by atomic mass is 32.1. The Morgan fingerprint density at radius 1 is 1.04 bits per heavy atom. The molecule has 1 aliphatic heterocycles. The zero-order valence-corrected chi connectivity index (χ0v) is 13.8.